The van der Waals surface area contributed by atoms with Gasteiger partial charge < -0.3 is 20.3 Å². The van der Waals surface area contributed by atoms with E-state index in [1.165, 1.54) is 7.11 Å². The van der Waals surface area contributed by atoms with Crippen molar-refractivity contribution in [3.05, 3.63) is 52.4 Å². The zero-order valence-electron chi connectivity index (χ0n) is 18.7. The van der Waals surface area contributed by atoms with Crippen molar-refractivity contribution >= 4 is 35.9 Å². The molecule has 0 saturated carbocycles. The van der Waals surface area contributed by atoms with Crippen LogP contribution in [0.25, 0.3) is 16.0 Å². The minimum Gasteiger partial charge on any atom is -0.507 e. The van der Waals surface area contributed by atoms with Gasteiger partial charge in [-0.2, -0.15) is 0 Å². The summed E-state index contributed by atoms with van der Waals surface area (Å²) in [4.78, 5) is 37.9. The zero-order valence-corrected chi connectivity index (χ0v) is 19.6. The van der Waals surface area contributed by atoms with Gasteiger partial charge in [-0.05, 0) is 62.6 Å². The van der Waals surface area contributed by atoms with Gasteiger partial charge in [0.25, 0.3) is 12.4 Å². The molecule has 32 heavy (non-hydrogen) atoms. The van der Waals surface area contributed by atoms with E-state index in [4.69, 9.17) is 14.6 Å². The Kier molecular flexibility index (Phi) is 10.4. The lowest BCUT2D eigenvalue weighted by Gasteiger charge is -2.15. The Morgan fingerprint density at radius 2 is 1.84 bits per heavy atom. The molecule has 172 valence electrons. The predicted octanol–water partition coefficient (Wildman–Crippen LogP) is 4.07. The summed E-state index contributed by atoms with van der Waals surface area (Å²) in [5.41, 5.74) is 3.63. The van der Waals surface area contributed by atoms with E-state index < -0.39 is 5.97 Å². The molecule has 1 aromatic heterocycles. The minimum absolute atomic E-state index is 0.0141. The number of phenols is 1. The van der Waals surface area contributed by atoms with Gasteiger partial charge in [0.1, 0.15) is 11.4 Å². The molecular weight excluding hydrogens is 432 g/mol. The number of esters is 1. The Hall–Kier alpha value is -3.33. The topological polar surface area (TPSA) is 126 Å². The van der Waals surface area contributed by atoms with Gasteiger partial charge in [-0.15, -0.1) is 12.6 Å². The highest BCUT2D eigenvalue weighted by Gasteiger charge is 2.21. The molecule has 0 saturated heterocycles. The monoisotopic (exact) mass is 460 g/mol. The molecule has 0 fully saturated rings. The van der Waals surface area contributed by atoms with E-state index in [1.54, 1.807) is 18.2 Å². The van der Waals surface area contributed by atoms with E-state index >= 15 is 0 Å². The molecule has 2 rings (SSSR count). The predicted molar refractivity (Wildman–Crippen MR) is 126 cm³/mol. The maximum Gasteiger partial charge on any atom is 0.357 e. The van der Waals surface area contributed by atoms with Crippen LogP contribution in [0.3, 0.4) is 0 Å². The summed E-state index contributed by atoms with van der Waals surface area (Å²) in [5, 5.41) is 20.2. The number of carbonyl (C=O) groups is 3. The number of carbonyl (C=O) groups excluding carboxylic acids is 2. The van der Waals surface area contributed by atoms with E-state index in [-0.39, 0.29) is 29.5 Å². The Morgan fingerprint density at radius 3 is 2.38 bits per heavy atom. The van der Waals surface area contributed by atoms with E-state index in [0.29, 0.717) is 28.1 Å². The molecule has 1 heterocycles. The highest BCUT2D eigenvalue weighted by Crippen LogP contribution is 2.37. The summed E-state index contributed by atoms with van der Waals surface area (Å²) in [6.07, 6.45) is 0.789. The van der Waals surface area contributed by atoms with Gasteiger partial charge in [-0.1, -0.05) is 12.5 Å². The van der Waals surface area contributed by atoms with Gasteiger partial charge >= 0.3 is 5.97 Å². The second kappa shape index (κ2) is 12.5. The summed E-state index contributed by atoms with van der Waals surface area (Å²) in [5.74, 6) is -0.980. The first-order valence-electron chi connectivity index (χ1n) is 9.78. The van der Waals surface area contributed by atoms with Gasteiger partial charge in [0, 0.05) is 22.6 Å². The fourth-order valence-electron chi connectivity index (χ4n) is 2.83. The van der Waals surface area contributed by atoms with Crippen LogP contribution < -0.4 is 5.32 Å². The summed E-state index contributed by atoms with van der Waals surface area (Å²) in [6.45, 7) is 7.90. The number of phenolic OH excluding ortho intramolecular Hbond substituents is 1. The van der Waals surface area contributed by atoms with Crippen LogP contribution in [0.4, 0.5) is 0 Å². The van der Waals surface area contributed by atoms with Crippen molar-refractivity contribution in [2.24, 2.45) is 0 Å². The number of hydrogen-bond donors (Lipinski definition) is 4. The number of nitrogens with zero attached hydrogens (tertiary/aromatic N) is 1. The highest BCUT2D eigenvalue weighted by atomic mass is 32.1. The molecule has 0 aliphatic heterocycles. The van der Waals surface area contributed by atoms with Crippen molar-refractivity contribution in [2.45, 2.75) is 34.1 Å². The second-order valence-corrected chi connectivity index (χ2v) is 7.43. The standard InChI is InChI=1S/C22H26N2O4S.CH2O2/c1-6-9-23-21(26)17-8-7-14(19(24-17)22(27)28-5)15-11-18(25)16(10-13(15)4)20(29)12(2)3;2-1-3/h7-8,10-11,25,29H,6,9H2,1-5H3,(H,23,26);1H,(H,2,3). The van der Waals surface area contributed by atoms with Crippen molar-refractivity contribution in [1.82, 2.24) is 10.3 Å². The molecule has 0 aliphatic carbocycles. The van der Waals surface area contributed by atoms with Crippen LogP contribution in [-0.2, 0) is 9.53 Å². The number of aromatic nitrogens is 1. The van der Waals surface area contributed by atoms with Crippen LogP contribution in [0.15, 0.2) is 29.8 Å². The maximum atomic E-state index is 12.4. The van der Waals surface area contributed by atoms with Crippen LogP contribution in [0, 0.1) is 6.92 Å². The zero-order chi connectivity index (χ0) is 24.4. The molecule has 8 nitrogen and oxygen atoms in total. The van der Waals surface area contributed by atoms with Crippen molar-refractivity contribution in [3.8, 4) is 16.9 Å². The van der Waals surface area contributed by atoms with Crippen LogP contribution in [0.2, 0.25) is 0 Å². The van der Waals surface area contributed by atoms with Crippen molar-refractivity contribution in [3.63, 3.8) is 0 Å². The first-order valence-corrected chi connectivity index (χ1v) is 10.2. The highest BCUT2D eigenvalue weighted by molar-refractivity contribution is 7.90. The SMILES string of the molecule is CCCNC(=O)c1ccc(-c2cc(O)c(C(S)=C(C)C)cc2C)c(C(=O)OC)n1.O=CO. The number of benzene rings is 1. The number of methoxy groups -OCH3 is 1. The Bertz CT molecular complexity index is 1030. The van der Waals surface area contributed by atoms with E-state index in [0.717, 1.165) is 17.6 Å². The van der Waals surface area contributed by atoms with Gasteiger partial charge in [-0.25, -0.2) is 9.78 Å². The number of aryl methyl sites for hydroxylation is 1. The van der Waals surface area contributed by atoms with Gasteiger partial charge in [0.05, 0.1) is 7.11 Å². The molecule has 1 aromatic carbocycles. The summed E-state index contributed by atoms with van der Waals surface area (Å²) >= 11 is 4.47. The molecule has 3 N–H and O–H groups in total. The largest absolute Gasteiger partial charge is 0.507 e. The first kappa shape index (κ1) is 26.7. The smallest absolute Gasteiger partial charge is 0.357 e. The van der Waals surface area contributed by atoms with Crippen LogP contribution in [-0.4, -0.2) is 47.2 Å². The number of amides is 1. The summed E-state index contributed by atoms with van der Waals surface area (Å²) in [7, 11) is 1.26. The number of nitrogens with one attached hydrogen (secondary N) is 1. The molecule has 0 bridgehead atoms. The number of pyridine rings is 1. The Morgan fingerprint density at radius 1 is 1.22 bits per heavy atom. The van der Waals surface area contributed by atoms with Crippen LogP contribution in [0.1, 0.15) is 59.3 Å². The maximum absolute atomic E-state index is 12.4. The lowest BCUT2D eigenvalue weighted by Crippen LogP contribution is -2.25. The molecule has 1 amide bonds. The number of ether oxygens (including phenoxy) is 1. The Balaban J connectivity index is 0.00000161. The van der Waals surface area contributed by atoms with Gasteiger partial charge in [-0.3, -0.25) is 9.59 Å². The molecule has 2 aromatic rings. The molecule has 0 unspecified atom stereocenters. The summed E-state index contributed by atoms with van der Waals surface area (Å²) < 4.78 is 4.86. The molecule has 0 atom stereocenters. The third-order valence-electron chi connectivity index (χ3n) is 4.40. The van der Waals surface area contributed by atoms with Crippen molar-refractivity contribution in [2.75, 3.05) is 13.7 Å². The lowest BCUT2D eigenvalue weighted by atomic mass is 9.95. The Labute approximate surface area is 192 Å². The average Bonchev–Trinajstić information content (AvgIpc) is 2.77. The second-order valence-electron chi connectivity index (χ2n) is 6.98. The lowest BCUT2D eigenvalue weighted by molar-refractivity contribution is -0.122. The average molecular weight is 461 g/mol. The van der Waals surface area contributed by atoms with Crippen molar-refractivity contribution < 1.29 is 29.3 Å². The van der Waals surface area contributed by atoms with E-state index in [1.807, 2.05) is 33.8 Å². The fourth-order valence-corrected chi connectivity index (χ4v) is 3.01. The normalized spacial score (nSPS) is 9.81. The van der Waals surface area contributed by atoms with Gasteiger partial charge in [0.2, 0.25) is 0 Å². The van der Waals surface area contributed by atoms with Gasteiger partial charge in [0.15, 0.2) is 5.69 Å². The molecular formula is C23H28N2O6S. The van der Waals surface area contributed by atoms with Crippen LogP contribution in [0.5, 0.6) is 5.75 Å². The third kappa shape index (κ3) is 6.58. The molecule has 0 aliphatic rings. The molecule has 9 heteroatoms. The van der Waals surface area contributed by atoms with E-state index in [9.17, 15) is 14.7 Å². The van der Waals surface area contributed by atoms with Crippen LogP contribution >= 0.6 is 12.6 Å². The van der Waals surface area contributed by atoms with Crippen molar-refractivity contribution in [1.29, 1.82) is 0 Å². The quantitative estimate of drug-likeness (QED) is 0.291. The van der Waals surface area contributed by atoms with E-state index in [2.05, 4.69) is 22.9 Å². The number of rotatable bonds is 6. The number of carboxylic acid groups (broad SMARTS) is 1. The third-order valence-corrected chi connectivity index (χ3v) is 5.09. The molecule has 0 spiro atoms. The first-order chi connectivity index (χ1) is 15.1. The number of allylic oxidation sites excluding steroid dienone is 1. The fraction of sp³-hybridized carbons (Fsp3) is 0.304. The summed E-state index contributed by atoms with van der Waals surface area (Å²) in [6, 6.07) is 6.58. The number of thiol groups is 1. The number of hydrogen-bond acceptors (Lipinski definition) is 7. The number of aromatic hydroxyl groups is 1. The molecule has 0 radical (unpaired) electrons. The minimum atomic E-state index is -0.660.